The van der Waals surface area contributed by atoms with Gasteiger partial charge in [-0.3, -0.25) is 0 Å². The SMILES string of the molecule is Cc1csc([C@H](C)NC(=O)N[C@@H](C)c2ccc(F)cc2)n1. The molecule has 0 aliphatic rings. The molecule has 1 heterocycles. The van der Waals surface area contributed by atoms with E-state index in [1.54, 1.807) is 12.1 Å². The number of carbonyl (C=O) groups excluding carboxylic acids is 1. The van der Waals surface area contributed by atoms with Crippen molar-refractivity contribution in [1.29, 1.82) is 0 Å². The average molecular weight is 307 g/mol. The predicted octanol–water partition coefficient (Wildman–Crippen LogP) is 3.71. The van der Waals surface area contributed by atoms with Gasteiger partial charge in [0.25, 0.3) is 0 Å². The molecule has 4 nitrogen and oxygen atoms in total. The number of hydrogen-bond donors (Lipinski definition) is 2. The lowest BCUT2D eigenvalue weighted by Gasteiger charge is -2.17. The largest absolute Gasteiger partial charge is 0.332 e. The van der Waals surface area contributed by atoms with Crippen LogP contribution in [0.15, 0.2) is 29.6 Å². The molecule has 2 amide bonds. The molecular weight excluding hydrogens is 289 g/mol. The lowest BCUT2D eigenvalue weighted by molar-refractivity contribution is 0.235. The molecule has 0 saturated heterocycles. The molecule has 0 unspecified atom stereocenters. The molecule has 1 aromatic carbocycles. The second-order valence-electron chi connectivity index (χ2n) is 4.94. The molecule has 0 saturated carbocycles. The molecule has 0 fully saturated rings. The van der Waals surface area contributed by atoms with Crippen LogP contribution < -0.4 is 10.6 Å². The Bertz CT molecular complexity index is 612. The summed E-state index contributed by atoms with van der Waals surface area (Å²) < 4.78 is 12.9. The highest BCUT2D eigenvalue weighted by Crippen LogP contribution is 2.18. The number of hydrogen-bond acceptors (Lipinski definition) is 3. The molecule has 1 aromatic heterocycles. The van der Waals surface area contributed by atoms with Crippen LogP contribution in [-0.4, -0.2) is 11.0 Å². The van der Waals surface area contributed by atoms with Crippen LogP contribution in [0.2, 0.25) is 0 Å². The Morgan fingerprint density at radius 2 is 1.81 bits per heavy atom. The number of nitrogens with one attached hydrogen (secondary N) is 2. The Labute approximate surface area is 127 Å². The van der Waals surface area contributed by atoms with Crippen molar-refractivity contribution in [2.24, 2.45) is 0 Å². The Kier molecular flexibility index (Phi) is 4.90. The van der Waals surface area contributed by atoms with Crippen molar-refractivity contribution in [3.8, 4) is 0 Å². The number of urea groups is 1. The topological polar surface area (TPSA) is 54.0 Å². The molecule has 2 rings (SSSR count). The van der Waals surface area contributed by atoms with E-state index in [0.717, 1.165) is 16.3 Å². The van der Waals surface area contributed by atoms with Crippen LogP contribution in [0.4, 0.5) is 9.18 Å². The normalized spacial score (nSPS) is 13.5. The minimum absolute atomic E-state index is 0.149. The van der Waals surface area contributed by atoms with E-state index in [0.29, 0.717) is 0 Å². The van der Waals surface area contributed by atoms with Crippen LogP contribution in [0.3, 0.4) is 0 Å². The van der Waals surface area contributed by atoms with Crippen molar-refractivity contribution in [2.45, 2.75) is 32.9 Å². The maximum atomic E-state index is 12.9. The first-order valence-electron chi connectivity index (χ1n) is 6.70. The van der Waals surface area contributed by atoms with Gasteiger partial charge in [-0.1, -0.05) is 12.1 Å². The van der Waals surface area contributed by atoms with Gasteiger partial charge in [-0.15, -0.1) is 11.3 Å². The predicted molar refractivity (Wildman–Crippen MR) is 81.7 cm³/mol. The third kappa shape index (κ3) is 4.26. The number of aromatic nitrogens is 1. The summed E-state index contributed by atoms with van der Waals surface area (Å²) in [5.74, 6) is -0.289. The van der Waals surface area contributed by atoms with Crippen LogP contribution in [0.1, 0.15) is 42.2 Å². The molecule has 21 heavy (non-hydrogen) atoms. The summed E-state index contributed by atoms with van der Waals surface area (Å²) in [5, 5.41) is 8.50. The average Bonchev–Trinajstić information content (AvgIpc) is 2.86. The van der Waals surface area contributed by atoms with Gasteiger partial charge < -0.3 is 10.6 Å². The number of rotatable bonds is 4. The van der Waals surface area contributed by atoms with E-state index in [9.17, 15) is 9.18 Å². The van der Waals surface area contributed by atoms with E-state index in [4.69, 9.17) is 0 Å². The van der Waals surface area contributed by atoms with Gasteiger partial charge in [0.15, 0.2) is 0 Å². The van der Waals surface area contributed by atoms with E-state index >= 15 is 0 Å². The highest BCUT2D eigenvalue weighted by atomic mass is 32.1. The summed E-state index contributed by atoms with van der Waals surface area (Å²) in [4.78, 5) is 16.3. The summed E-state index contributed by atoms with van der Waals surface area (Å²) in [6.45, 7) is 5.66. The summed E-state index contributed by atoms with van der Waals surface area (Å²) in [6, 6.07) is 5.47. The van der Waals surface area contributed by atoms with Crippen molar-refractivity contribution in [1.82, 2.24) is 15.6 Å². The number of benzene rings is 1. The maximum absolute atomic E-state index is 12.9. The summed E-state index contributed by atoms with van der Waals surface area (Å²) in [6.07, 6.45) is 0. The first-order valence-corrected chi connectivity index (χ1v) is 7.58. The van der Waals surface area contributed by atoms with E-state index < -0.39 is 0 Å². The fourth-order valence-corrected chi connectivity index (χ4v) is 2.71. The van der Waals surface area contributed by atoms with Crippen LogP contribution in [0.5, 0.6) is 0 Å². The van der Waals surface area contributed by atoms with Crippen LogP contribution in [0, 0.1) is 12.7 Å². The zero-order chi connectivity index (χ0) is 15.4. The highest BCUT2D eigenvalue weighted by Gasteiger charge is 2.14. The van der Waals surface area contributed by atoms with Gasteiger partial charge in [-0.25, -0.2) is 14.2 Å². The summed E-state index contributed by atoms with van der Waals surface area (Å²) in [5.41, 5.74) is 1.80. The number of nitrogens with zero attached hydrogens (tertiary/aromatic N) is 1. The Balaban J connectivity index is 1.90. The van der Waals surface area contributed by atoms with Gasteiger partial charge in [0.1, 0.15) is 10.8 Å². The Hall–Kier alpha value is -1.95. The minimum Gasteiger partial charge on any atom is -0.332 e. The van der Waals surface area contributed by atoms with Crippen molar-refractivity contribution < 1.29 is 9.18 Å². The third-order valence-electron chi connectivity index (χ3n) is 3.07. The molecule has 0 spiro atoms. The van der Waals surface area contributed by atoms with Crippen LogP contribution >= 0.6 is 11.3 Å². The van der Waals surface area contributed by atoms with Gasteiger partial charge in [0.2, 0.25) is 0 Å². The fraction of sp³-hybridized carbons (Fsp3) is 0.333. The third-order valence-corrected chi connectivity index (χ3v) is 4.22. The lowest BCUT2D eigenvalue weighted by Crippen LogP contribution is -2.38. The van der Waals surface area contributed by atoms with E-state index in [2.05, 4.69) is 15.6 Å². The molecule has 0 aliphatic carbocycles. The first kappa shape index (κ1) is 15.4. The lowest BCUT2D eigenvalue weighted by atomic mass is 10.1. The zero-order valence-corrected chi connectivity index (χ0v) is 13.0. The van der Waals surface area contributed by atoms with Crippen molar-refractivity contribution in [3.63, 3.8) is 0 Å². The van der Waals surface area contributed by atoms with Gasteiger partial charge >= 0.3 is 6.03 Å². The standard InChI is InChI=1S/C15H18FN3OS/c1-9-8-21-14(17-9)11(3)19-15(20)18-10(2)12-4-6-13(16)7-5-12/h4-8,10-11H,1-3H3,(H2,18,19,20)/t10-,11-/m0/s1. The molecule has 112 valence electrons. The molecule has 6 heteroatoms. The zero-order valence-electron chi connectivity index (χ0n) is 12.2. The molecule has 0 aliphatic heterocycles. The molecular formula is C15H18FN3OS. The summed E-state index contributed by atoms with van der Waals surface area (Å²) in [7, 11) is 0. The number of halogens is 1. The Morgan fingerprint density at radius 1 is 1.19 bits per heavy atom. The van der Waals surface area contributed by atoms with E-state index in [1.165, 1.54) is 23.5 Å². The van der Waals surface area contributed by atoms with Crippen molar-refractivity contribution >= 4 is 17.4 Å². The second-order valence-corrected chi connectivity index (χ2v) is 5.83. The van der Waals surface area contributed by atoms with Crippen LogP contribution in [0.25, 0.3) is 0 Å². The van der Waals surface area contributed by atoms with E-state index in [-0.39, 0.29) is 23.9 Å². The maximum Gasteiger partial charge on any atom is 0.315 e. The van der Waals surface area contributed by atoms with E-state index in [1.807, 2.05) is 26.2 Å². The van der Waals surface area contributed by atoms with Crippen molar-refractivity contribution in [3.05, 3.63) is 51.7 Å². The molecule has 2 aromatic rings. The molecule has 2 atom stereocenters. The van der Waals surface area contributed by atoms with Crippen LogP contribution in [-0.2, 0) is 0 Å². The number of carbonyl (C=O) groups is 1. The fourth-order valence-electron chi connectivity index (χ4n) is 1.90. The summed E-state index contributed by atoms with van der Waals surface area (Å²) >= 11 is 1.52. The minimum atomic E-state index is -0.289. The number of aryl methyl sites for hydroxylation is 1. The van der Waals surface area contributed by atoms with Gasteiger partial charge in [-0.05, 0) is 38.5 Å². The van der Waals surface area contributed by atoms with Gasteiger partial charge in [0.05, 0.1) is 12.1 Å². The number of thiazole rings is 1. The molecule has 2 N–H and O–H groups in total. The Morgan fingerprint density at radius 3 is 2.38 bits per heavy atom. The molecule has 0 radical (unpaired) electrons. The van der Waals surface area contributed by atoms with Crippen molar-refractivity contribution in [2.75, 3.05) is 0 Å². The van der Waals surface area contributed by atoms with Gasteiger partial charge in [0, 0.05) is 11.1 Å². The second kappa shape index (κ2) is 6.67. The quantitative estimate of drug-likeness (QED) is 0.904. The number of amides is 2. The first-order chi connectivity index (χ1) is 9.95. The van der Waals surface area contributed by atoms with Gasteiger partial charge in [-0.2, -0.15) is 0 Å². The monoisotopic (exact) mass is 307 g/mol. The highest BCUT2D eigenvalue weighted by molar-refractivity contribution is 7.09. The smallest absolute Gasteiger partial charge is 0.315 e. The molecule has 0 bridgehead atoms.